The molecule has 1 aromatic heterocycles. The Morgan fingerprint density at radius 1 is 1.02 bits per heavy atom. The Kier molecular flexibility index (Phi) is 11.3. The summed E-state index contributed by atoms with van der Waals surface area (Å²) in [6.45, 7) is 2.87. The number of alkyl halides is 3. The summed E-state index contributed by atoms with van der Waals surface area (Å²) in [7, 11) is 0. The van der Waals surface area contributed by atoms with Gasteiger partial charge in [-0.1, -0.05) is 0 Å². The van der Waals surface area contributed by atoms with Gasteiger partial charge in [-0.15, -0.1) is 0 Å². The first kappa shape index (κ1) is 34.0. The first-order valence-electron chi connectivity index (χ1n) is 14.1. The van der Waals surface area contributed by atoms with Gasteiger partial charge in [0.15, 0.2) is 17.3 Å². The second-order valence-corrected chi connectivity index (χ2v) is 10.4. The molecule has 3 heterocycles. The van der Waals surface area contributed by atoms with Crippen LogP contribution < -0.4 is 10.6 Å². The average molecular weight is 651 g/mol. The van der Waals surface area contributed by atoms with E-state index in [9.17, 15) is 45.8 Å². The van der Waals surface area contributed by atoms with Gasteiger partial charge in [-0.3, -0.25) is 14.5 Å². The molecule has 1 saturated heterocycles. The van der Waals surface area contributed by atoms with Crippen LogP contribution in [0.25, 0.3) is 0 Å². The molecule has 0 aliphatic carbocycles. The van der Waals surface area contributed by atoms with Crippen LogP contribution in [-0.2, 0) is 40.0 Å². The summed E-state index contributed by atoms with van der Waals surface area (Å²) in [5, 5.41) is 13.7. The molecule has 4 rings (SSSR count). The third-order valence-electron chi connectivity index (χ3n) is 7.32. The summed E-state index contributed by atoms with van der Waals surface area (Å²) < 4.78 is 94.1. The van der Waals surface area contributed by atoms with Crippen molar-refractivity contribution in [1.29, 1.82) is 0 Å². The van der Waals surface area contributed by atoms with E-state index in [4.69, 9.17) is 9.47 Å². The van der Waals surface area contributed by atoms with Crippen LogP contribution in [0.2, 0.25) is 0 Å². The summed E-state index contributed by atoms with van der Waals surface area (Å²) in [6, 6.07) is -0.458. The van der Waals surface area contributed by atoms with Gasteiger partial charge in [0, 0.05) is 57.8 Å². The Morgan fingerprint density at radius 2 is 1.73 bits per heavy atom. The molecule has 1 fully saturated rings. The summed E-state index contributed by atoms with van der Waals surface area (Å²) >= 11 is 0. The van der Waals surface area contributed by atoms with Gasteiger partial charge in [0.25, 0.3) is 5.91 Å². The third kappa shape index (κ3) is 9.07. The maximum Gasteiger partial charge on any atom is 0.449 e. The van der Waals surface area contributed by atoms with Gasteiger partial charge in [0.05, 0.1) is 38.7 Å². The Labute approximate surface area is 253 Å². The topological polar surface area (TPSA) is 138 Å². The van der Waals surface area contributed by atoms with Crippen LogP contribution in [0, 0.1) is 17.5 Å². The van der Waals surface area contributed by atoms with E-state index in [1.807, 2.05) is 5.32 Å². The number of ether oxygens (including phenoxy) is 2. The van der Waals surface area contributed by atoms with Crippen molar-refractivity contribution < 1.29 is 55.3 Å². The van der Waals surface area contributed by atoms with E-state index in [2.05, 4.69) is 15.2 Å². The highest BCUT2D eigenvalue weighted by molar-refractivity contribution is 5.93. The average Bonchev–Trinajstić information content (AvgIpc) is 3.37. The summed E-state index contributed by atoms with van der Waals surface area (Å²) in [5.41, 5.74) is -1.10. The van der Waals surface area contributed by atoms with Crippen LogP contribution in [0.1, 0.15) is 34.0 Å². The Hall–Kier alpha value is -3.90. The molecular weight excluding hydrogens is 618 g/mol. The van der Waals surface area contributed by atoms with Crippen molar-refractivity contribution in [2.45, 2.75) is 38.1 Å². The van der Waals surface area contributed by atoms with Gasteiger partial charge in [-0.25, -0.2) is 22.9 Å². The van der Waals surface area contributed by atoms with E-state index in [1.165, 1.54) is 0 Å². The van der Waals surface area contributed by atoms with Crippen LogP contribution in [0.15, 0.2) is 12.1 Å². The number of morpholine rings is 1. The molecule has 12 nitrogen and oxygen atoms in total. The quantitative estimate of drug-likeness (QED) is 0.180. The van der Waals surface area contributed by atoms with Crippen molar-refractivity contribution in [2.75, 3.05) is 59.2 Å². The molecule has 3 amide bonds. The van der Waals surface area contributed by atoms with E-state index in [1.54, 1.807) is 0 Å². The van der Waals surface area contributed by atoms with Crippen LogP contribution in [-0.4, -0.2) is 108 Å². The number of amides is 3. The largest absolute Gasteiger partial charge is 0.465 e. The molecule has 248 valence electrons. The maximum absolute atomic E-state index is 14.2. The van der Waals surface area contributed by atoms with E-state index in [0.29, 0.717) is 38.5 Å². The Balaban J connectivity index is 1.40. The summed E-state index contributed by atoms with van der Waals surface area (Å²) in [6.07, 6.45) is -7.58. The van der Waals surface area contributed by atoms with Gasteiger partial charge < -0.3 is 34.7 Å². The second-order valence-electron chi connectivity index (χ2n) is 10.4. The van der Waals surface area contributed by atoms with Gasteiger partial charge in [0.1, 0.15) is 5.82 Å². The van der Waals surface area contributed by atoms with E-state index >= 15 is 0 Å². The minimum atomic E-state index is -4.90. The number of carbonyl (C=O) groups excluding carboxylic acids is 2. The van der Waals surface area contributed by atoms with Crippen LogP contribution in [0.4, 0.5) is 31.1 Å². The molecule has 45 heavy (non-hydrogen) atoms. The molecule has 0 saturated carbocycles. The van der Waals surface area contributed by atoms with E-state index < -0.39 is 84.0 Å². The van der Waals surface area contributed by atoms with Crippen molar-refractivity contribution >= 4 is 17.9 Å². The fraction of sp³-hybridized carbons (Fsp3) is 0.556. The molecular formula is C27H32F6N6O6. The summed E-state index contributed by atoms with van der Waals surface area (Å²) in [4.78, 5) is 44.2. The lowest BCUT2D eigenvalue weighted by Gasteiger charge is -2.31. The molecule has 2 aromatic rings. The monoisotopic (exact) mass is 650 g/mol. The number of hydrogen-bond acceptors (Lipinski definition) is 7. The lowest BCUT2D eigenvalue weighted by Crippen LogP contribution is -2.44. The number of rotatable bonds is 12. The zero-order valence-corrected chi connectivity index (χ0v) is 24.0. The fourth-order valence-corrected chi connectivity index (χ4v) is 5.09. The predicted molar refractivity (Wildman–Crippen MR) is 143 cm³/mol. The number of hydrogen-bond donors (Lipinski definition) is 3. The molecule has 1 unspecified atom stereocenters. The highest BCUT2D eigenvalue weighted by Gasteiger charge is 2.42. The number of aromatic nitrogens is 2. The number of nitrogens with one attached hydrogen (secondary N) is 2. The van der Waals surface area contributed by atoms with E-state index in [0.717, 1.165) is 22.6 Å². The normalized spacial score (nSPS) is 16.3. The second kappa shape index (κ2) is 14.9. The number of halogens is 6. The van der Waals surface area contributed by atoms with Gasteiger partial charge in [0.2, 0.25) is 11.7 Å². The zero-order valence-electron chi connectivity index (χ0n) is 24.0. The van der Waals surface area contributed by atoms with Gasteiger partial charge >= 0.3 is 12.3 Å². The highest BCUT2D eigenvalue weighted by atomic mass is 19.4. The number of fused-ring (bicyclic) bond motifs is 1. The third-order valence-corrected chi connectivity index (χ3v) is 7.32. The molecule has 0 spiro atoms. The Morgan fingerprint density at radius 3 is 2.42 bits per heavy atom. The standard InChI is InChI=1S/C27H32F6N6O6/c28-18-14-20(30)19(29)12-16(18)11-17(35-26(42)43)13-22(40)38-2-3-39-21(15-38)23(36-25(39)27(31,32)33)24(41)34-1-7-44-8-4-37-5-9-45-10-6-37/h12,14,17,35H,1-11,13,15H2,(H,34,41)(H,42,43). The molecule has 3 N–H and O–H groups in total. The van der Waals surface area contributed by atoms with Gasteiger partial charge in [-0.05, 0) is 18.1 Å². The van der Waals surface area contributed by atoms with Crippen molar-refractivity contribution in [3.05, 3.63) is 52.4 Å². The Bertz CT molecular complexity index is 1380. The molecule has 18 heteroatoms. The molecule has 0 radical (unpaired) electrons. The number of imidazole rings is 1. The number of carbonyl (C=O) groups is 3. The molecule has 1 atom stereocenters. The lowest BCUT2D eigenvalue weighted by molar-refractivity contribution is -0.148. The van der Waals surface area contributed by atoms with Crippen molar-refractivity contribution in [2.24, 2.45) is 0 Å². The maximum atomic E-state index is 14.2. The van der Waals surface area contributed by atoms with Crippen molar-refractivity contribution in [3.8, 4) is 0 Å². The van der Waals surface area contributed by atoms with Crippen LogP contribution >= 0.6 is 0 Å². The molecule has 1 aromatic carbocycles. The zero-order chi connectivity index (χ0) is 32.7. The van der Waals surface area contributed by atoms with Gasteiger partial charge in [-0.2, -0.15) is 13.2 Å². The van der Waals surface area contributed by atoms with Crippen molar-refractivity contribution in [1.82, 2.24) is 30.0 Å². The van der Waals surface area contributed by atoms with Crippen molar-refractivity contribution in [3.63, 3.8) is 0 Å². The minimum Gasteiger partial charge on any atom is -0.465 e. The minimum absolute atomic E-state index is 0.0126. The first-order chi connectivity index (χ1) is 21.3. The molecule has 2 aliphatic heterocycles. The number of carboxylic acid groups (broad SMARTS) is 1. The molecule has 0 bridgehead atoms. The van der Waals surface area contributed by atoms with E-state index in [-0.39, 0.29) is 31.9 Å². The predicted octanol–water partition coefficient (Wildman–Crippen LogP) is 2.01. The lowest BCUT2D eigenvalue weighted by atomic mass is 10.0. The fourth-order valence-electron chi connectivity index (χ4n) is 5.09. The summed E-state index contributed by atoms with van der Waals surface area (Å²) in [5.74, 6) is -6.93. The first-order valence-corrected chi connectivity index (χ1v) is 14.1. The molecule has 2 aliphatic rings. The van der Waals surface area contributed by atoms with Crippen LogP contribution in [0.3, 0.4) is 0 Å². The number of nitrogens with zero attached hydrogens (tertiary/aromatic N) is 4. The highest BCUT2D eigenvalue weighted by Crippen LogP contribution is 2.32. The van der Waals surface area contributed by atoms with Crippen LogP contribution in [0.5, 0.6) is 0 Å². The smallest absolute Gasteiger partial charge is 0.449 e. The number of benzene rings is 1. The SMILES string of the molecule is O=C(O)NC(CC(=O)N1CCn2c(C(F)(F)F)nc(C(=O)NCCOCCN3CCOCC3)c2C1)Cc1cc(F)c(F)cc1F.